The maximum atomic E-state index is 12.8. The van der Waals surface area contributed by atoms with E-state index < -0.39 is 10.0 Å². The second kappa shape index (κ2) is 8.49. The molecule has 5 nitrogen and oxygen atoms in total. The van der Waals surface area contributed by atoms with E-state index in [2.05, 4.69) is 9.39 Å². The summed E-state index contributed by atoms with van der Waals surface area (Å²) >= 11 is 0. The Morgan fingerprint density at radius 3 is 2.07 bits per heavy atom. The molecule has 0 saturated heterocycles. The number of amidine groups is 1. The van der Waals surface area contributed by atoms with E-state index in [0.717, 1.165) is 5.57 Å². The number of carbonyl (C=O) groups excluding carboxylic acids is 1. The predicted octanol–water partition coefficient (Wildman–Crippen LogP) is 4.37. The highest BCUT2D eigenvalue weighted by Crippen LogP contribution is 2.21. The van der Waals surface area contributed by atoms with Gasteiger partial charge in [-0.1, -0.05) is 62.4 Å². The molecule has 148 valence electrons. The molecule has 0 saturated carbocycles. The summed E-state index contributed by atoms with van der Waals surface area (Å²) in [6, 6.07) is 17.0. The monoisotopic (exact) mass is 406 g/mol. The van der Waals surface area contributed by atoms with E-state index in [-0.39, 0.29) is 22.4 Å². The Hall–Kier alpha value is -3.12. The van der Waals surface area contributed by atoms with Crippen LogP contribution < -0.4 is 0 Å². The number of hydrogen-bond donors (Lipinski definition) is 0. The van der Waals surface area contributed by atoms with Gasteiger partial charge in [-0.25, -0.2) is 4.99 Å². The summed E-state index contributed by atoms with van der Waals surface area (Å²) in [4.78, 5) is 16.8. The van der Waals surface area contributed by atoms with Gasteiger partial charge in [0, 0.05) is 5.56 Å². The number of hydrogen-bond acceptors (Lipinski definition) is 3. The van der Waals surface area contributed by atoms with Crippen molar-refractivity contribution >= 4 is 27.4 Å². The third kappa shape index (κ3) is 4.84. The lowest BCUT2D eigenvalue weighted by Gasteiger charge is -2.17. The molecule has 2 aromatic rings. The predicted molar refractivity (Wildman–Crippen MR) is 116 cm³/mol. The van der Waals surface area contributed by atoms with Gasteiger partial charge in [-0.3, -0.25) is 4.79 Å². The number of sulfonamides is 1. The fraction of sp³-hybridized carbons (Fsp3) is 0.174. The Morgan fingerprint density at radius 2 is 1.48 bits per heavy atom. The number of ketones is 1. The van der Waals surface area contributed by atoms with Crippen molar-refractivity contribution in [3.63, 3.8) is 0 Å². The van der Waals surface area contributed by atoms with E-state index in [1.807, 2.05) is 19.9 Å². The second-order valence-electron chi connectivity index (χ2n) is 7.01. The highest BCUT2D eigenvalue weighted by Gasteiger charge is 2.21. The Bertz CT molecular complexity index is 1140. The van der Waals surface area contributed by atoms with Crippen molar-refractivity contribution in [2.45, 2.75) is 25.7 Å². The summed E-state index contributed by atoms with van der Waals surface area (Å²) in [7, 11) is -3.95. The first kappa shape index (κ1) is 20.6. The molecule has 0 aliphatic heterocycles. The third-order valence-electron chi connectivity index (χ3n) is 4.45. The molecule has 1 aliphatic rings. The van der Waals surface area contributed by atoms with Gasteiger partial charge >= 0.3 is 0 Å². The molecule has 0 spiro atoms. The number of aliphatic imine (C=N–C) groups is 1. The van der Waals surface area contributed by atoms with E-state index >= 15 is 0 Å². The largest absolute Gasteiger partial charge is 0.290 e. The van der Waals surface area contributed by atoms with Crippen molar-refractivity contribution in [2.24, 2.45) is 15.3 Å². The van der Waals surface area contributed by atoms with Crippen LogP contribution in [-0.4, -0.2) is 25.7 Å². The van der Waals surface area contributed by atoms with Crippen molar-refractivity contribution in [3.05, 3.63) is 89.5 Å². The van der Waals surface area contributed by atoms with E-state index in [4.69, 9.17) is 0 Å². The molecule has 6 heteroatoms. The summed E-state index contributed by atoms with van der Waals surface area (Å²) in [5, 5.41) is 0. The van der Waals surface area contributed by atoms with Crippen LogP contribution in [0.15, 0.2) is 98.2 Å². The third-order valence-corrected chi connectivity index (χ3v) is 5.73. The van der Waals surface area contributed by atoms with Crippen LogP contribution in [0.4, 0.5) is 0 Å². The maximum Gasteiger partial charge on any atom is 0.284 e. The summed E-state index contributed by atoms with van der Waals surface area (Å²) < 4.78 is 29.7. The SMILES string of the molecule is CC1=CC(=N/C(=N\S(=O)(=O)c2ccccc2)c2ccccc2)C(C(C)C)=CC1=O. The molecular formula is C23H22N2O3S. The number of allylic oxidation sites excluding steroid dienone is 4. The molecule has 0 bridgehead atoms. The Morgan fingerprint density at radius 1 is 0.897 bits per heavy atom. The summed E-state index contributed by atoms with van der Waals surface area (Å²) in [6.07, 6.45) is 3.25. The first-order valence-corrected chi connectivity index (χ1v) is 10.7. The van der Waals surface area contributed by atoms with Gasteiger partial charge in [0.05, 0.1) is 10.6 Å². The van der Waals surface area contributed by atoms with E-state index in [1.54, 1.807) is 61.5 Å². The average molecular weight is 407 g/mol. The Labute approximate surface area is 171 Å². The fourth-order valence-electron chi connectivity index (χ4n) is 2.85. The first-order chi connectivity index (χ1) is 13.8. The standard InChI is InChI=1S/C23H22N2O3S/c1-16(2)20-15-22(26)17(3)14-21(20)24-23(18-10-6-4-7-11-18)25-29(27,28)19-12-8-5-9-13-19/h4-16H,1-3H3/b24-21?,25-23-. The van der Waals surface area contributed by atoms with Gasteiger partial charge in [-0.2, -0.15) is 8.42 Å². The highest BCUT2D eigenvalue weighted by atomic mass is 32.2. The molecule has 0 amide bonds. The number of nitrogens with zero attached hydrogens (tertiary/aromatic N) is 2. The molecule has 1 aliphatic carbocycles. The zero-order chi connectivity index (χ0) is 21.0. The normalized spacial score (nSPS) is 16.8. The van der Waals surface area contributed by atoms with Crippen LogP contribution in [0, 0.1) is 5.92 Å². The Kier molecular flexibility index (Phi) is 6.03. The molecule has 3 rings (SSSR count). The molecule has 0 heterocycles. The summed E-state index contributed by atoms with van der Waals surface area (Å²) in [5.74, 6) is 0.0574. The lowest BCUT2D eigenvalue weighted by atomic mass is 9.90. The van der Waals surface area contributed by atoms with Crippen LogP contribution in [0.3, 0.4) is 0 Å². The highest BCUT2D eigenvalue weighted by molar-refractivity contribution is 7.90. The minimum absolute atomic E-state index is 0.0461. The molecular weight excluding hydrogens is 384 g/mol. The molecule has 0 radical (unpaired) electrons. The van der Waals surface area contributed by atoms with Gasteiger partial charge in [0.2, 0.25) is 0 Å². The van der Waals surface area contributed by atoms with E-state index in [0.29, 0.717) is 16.8 Å². The van der Waals surface area contributed by atoms with Crippen LogP contribution >= 0.6 is 0 Å². The minimum atomic E-state index is -3.95. The molecule has 0 unspecified atom stereocenters. The lowest BCUT2D eigenvalue weighted by Crippen LogP contribution is -2.18. The molecule has 0 fully saturated rings. The molecule has 0 aromatic heterocycles. The minimum Gasteiger partial charge on any atom is -0.290 e. The Balaban J connectivity index is 2.19. The molecule has 29 heavy (non-hydrogen) atoms. The fourth-order valence-corrected chi connectivity index (χ4v) is 3.83. The topological polar surface area (TPSA) is 75.9 Å². The number of carbonyl (C=O) groups is 1. The van der Waals surface area contributed by atoms with Crippen molar-refractivity contribution in [2.75, 3.05) is 0 Å². The maximum absolute atomic E-state index is 12.8. The van der Waals surface area contributed by atoms with E-state index in [1.165, 1.54) is 12.1 Å². The first-order valence-electron chi connectivity index (χ1n) is 9.26. The quantitative estimate of drug-likeness (QED) is 0.430. The van der Waals surface area contributed by atoms with Crippen LogP contribution in [-0.2, 0) is 14.8 Å². The lowest BCUT2D eigenvalue weighted by molar-refractivity contribution is -0.111. The molecule has 0 N–H and O–H groups in total. The molecule has 0 atom stereocenters. The van der Waals surface area contributed by atoms with Gasteiger partial charge in [0.1, 0.15) is 0 Å². The number of rotatable bonds is 4. The summed E-state index contributed by atoms with van der Waals surface area (Å²) in [5.41, 5.74) is 2.42. The van der Waals surface area contributed by atoms with Crippen LogP contribution in [0.5, 0.6) is 0 Å². The van der Waals surface area contributed by atoms with Crippen molar-refractivity contribution in [3.8, 4) is 0 Å². The van der Waals surface area contributed by atoms with Gasteiger partial charge in [0.15, 0.2) is 11.6 Å². The average Bonchev–Trinajstić information content (AvgIpc) is 2.71. The van der Waals surface area contributed by atoms with Crippen molar-refractivity contribution < 1.29 is 13.2 Å². The smallest absolute Gasteiger partial charge is 0.284 e. The van der Waals surface area contributed by atoms with Gasteiger partial charge < -0.3 is 0 Å². The van der Waals surface area contributed by atoms with Gasteiger partial charge in [0.25, 0.3) is 10.0 Å². The van der Waals surface area contributed by atoms with Crippen LogP contribution in [0.2, 0.25) is 0 Å². The van der Waals surface area contributed by atoms with Crippen LogP contribution in [0.25, 0.3) is 0 Å². The van der Waals surface area contributed by atoms with E-state index in [9.17, 15) is 13.2 Å². The van der Waals surface area contributed by atoms with Gasteiger partial charge in [-0.05, 0) is 48.3 Å². The van der Waals surface area contributed by atoms with Crippen LogP contribution in [0.1, 0.15) is 26.3 Å². The van der Waals surface area contributed by atoms with Gasteiger partial charge in [-0.15, -0.1) is 4.40 Å². The number of benzene rings is 2. The zero-order valence-corrected chi connectivity index (χ0v) is 17.3. The van der Waals surface area contributed by atoms with Crippen molar-refractivity contribution in [1.82, 2.24) is 0 Å². The zero-order valence-electron chi connectivity index (χ0n) is 16.5. The second-order valence-corrected chi connectivity index (χ2v) is 8.62. The molecule has 2 aromatic carbocycles. The van der Waals surface area contributed by atoms with Crippen molar-refractivity contribution in [1.29, 1.82) is 0 Å². The summed E-state index contributed by atoms with van der Waals surface area (Å²) in [6.45, 7) is 5.64.